The fourth-order valence-corrected chi connectivity index (χ4v) is 1.67. The highest BCUT2D eigenvalue weighted by Gasteiger charge is 2.02. The highest BCUT2D eigenvalue weighted by Crippen LogP contribution is 2.18. The van der Waals surface area contributed by atoms with Crippen LogP contribution in [0.4, 0.5) is 0 Å². The molecule has 0 aliphatic rings. The van der Waals surface area contributed by atoms with E-state index in [0.717, 1.165) is 24.5 Å². The molecule has 0 N–H and O–H groups in total. The van der Waals surface area contributed by atoms with Crippen LogP contribution in [0.3, 0.4) is 0 Å². The average molecular weight is 251 g/mol. The first-order chi connectivity index (χ1) is 7.36. The number of halogens is 1. The predicted octanol–water partition coefficient (Wildman–Crippen LogP) is 2.47. The molecular formula is C9H15ClN2O2S. The van der Waals surface area contributed by atoms with Gasteiger partial charge in [0.05, 0.1) is 12.5 Å². The van der Waals surface area contributed by atoms with Crippen molar-refractivity contribution in [2.75, 3.05) is 19.8 Å². The summed E-state index contributed by atoms with van der Waals surface area (Å²) in [5.74, 6) is 0.383. The van der Waals surface area contributed by atoms with E-state index < -0.39 is 0 Å². The minimum atomic E-state index is 0.383. The molecule has 0 fully saturated rings. The SMILES string of the molecule is CCCCOCCOc1nnc(CCl)s1. The molecule has 0 spiro atoms. The zero-order valence-corrected chi connectivity index (χ0v) is 10.3. The Hall–Kier alpha value is -0.390. The number of aromatic nitrogens is 2. The summed E-state index contributed by atoms with van der Waals surface area (Å²) < 4.78 is 10.7. The molecule has 0 aliphatic heterocycles. The molecule has 0 amide bonds. The van der Waals surface area contributed by atoms with Crippen molar-refractivity contribution >= 4 is 22.9 Å². The third-order valence-corrected chi connectivity index (χ3v) is 2.91. The van der Waals surface area contributed by atoms with E-state index in [-0.39, 0.29) is 0 Å². The van der Waals surface area contributed by atoms with Gasteiger partial charge in [-0.1, -0.05) is 24.7 Å². The molecule has 1 aromatic rings. The van der Waals surface area contributed by atoms with Crippen molar-refractivity contribution in [3.05, 3.63) is 5.01 Å². The van der Waals surface area contributed by atoms with Crippen LogP contribution in [0.5, 0.6) is 5.19 Å². The number of rotatable bonds is 8. The lowest BCUT2D eigenvalue weighted by Gasteiger charge is -2.02. The van der Waals surface area contributed by atoms with Crippen LogP contribution in [-0.2, 0) is 10.6 Å². The van der Waals surface area contributed by atoms with E-state index in [1.807, 2.05) is 0 Å². The van der Waals surface area contributed by atoms with E-state index in [9.17, 15) is 0 Å². The zero-order valence-electron chi connectivity index (χ0n) is 8.74. The van der Waals surface area contributed by atoms with Gasteiger partial charge < -0.3 is 9.47 Å². The van der Waals surface area contributed by atoms with Crippen LogP contribution in [0.15, 0.2) is 0 Å². The summed E-state index contributed by atoms with van der Waals surface area (Å²) in [6, 6.07) is 0. The lowest BCUT2D eigenvalue weighted by atomic mass is 10.4. The summed E-state index contributed by atoms with van der Waals surface area (Å²) in [7, 11) is 0. The molecule has 1 aromatic heterocycles. The maximum absolute atomic E-state index is 5.59. The maximum Gasteiger partial charge on any atom is 0.294 e. The summed E-state index contributed by atoms with van der Waals surface area (Å²) in [6.45, 7) is 4.04. The van der Waals surface area contributed by atoms with Gasteiger partial charge in [-0.3, -0.25) is 0 Å². The second kappa shape index (κ2) is 7.84. The fraction of sp³-hybridized carbons (Fsp3) is 0.778. The van der Waals surface area contributed by atoms with E-state index in [1.54, 1.807) is 0 Å². The van der Waals surface area contributed by atoms with Crippen LogP contribution < -0.4 is 4.74 Å². The van der Waals surface area contributed by atoms with Gasteiger partial charge in [0.2, 0.25) is 0 Å². The lowest BCUT2D eigenvalue weighted by molar-refractivity contribution is 0.0977. The van der Waals surface area contributed by atoms with E-state index in [2.05, 4.69) is 17.1 Å². The molecule has 4 nitrogen and oxygen atoms in total. The number of hydrogen-bond donors (Lipinski definition) is 0. The van der Waals surface area contributed by atoms with E-state index in [4.69, 9.17) is 21.1 Å². The van der Waals surface area contributed by atoms with Crippen LogP contribution in [-0.4, -0.2) is 30.0 Å². The van der Waals surface area contributed by atoms with Crippen LogP contribution >= 0.6 is 22.9 Å². The topological polar surface area (TPSA) is 44.2 Å². The monoisotopic (exact) mass is 250 g/mol. The molecule has 0 aromatic carbocycles. The van der Waals surface area contributed by atoms with Gasteiger partial charge in [0.25, 0.3) is 5.19 Å². The molecule has 86 valence electrons. The summed E-state index contributed by atoms with van der Waals surface area (Å²) >= 11 is 6.96. The third kappa shape index (κ3) is 5.30. The molecule has 1 rings (SSSR count). The Morgan fingerprint density at radius 3 is 2.80 bits per heavy atom. The van der Waals surface area contributed by atoms with Gasteiger partial charge in [-0.2, -0.15) is 0 Å². The second-order valence-electron chi connectivity index (χ2n) is 2.91. The molecule has 15 heavy (non-hydrogen) atoms. The summed E-state index contributed by atoms with van der Waals surface area (Å²) in [4.78, 5) is 0. The second-order valence-corrected chi connectivity index (χ2v) is 4.20. The van der Waals surface area contributed by atoms with Gasteiger partial charge in [-0.15, -0.1) is 21.8 Å². The Morgan fingerprint density at radius 1 is 1.27 bits per heavy atom. The molecule has 0 saturated carbocycles. The van der Waals surface area contributed by atoms with Crippen molar-refractivity contribution < 1.29 is 9.47 Å². The molecule has 0 aliphatic carbocycles. The number of alkyl halides is 1. The average Bonchev–Trinajstić information content (AvgIpc) is 2.71. The van der Waals surface area contributed by atoms with Gasteiger partial charge in [-0.25, -0.2) is 0 Å². The Labute approximate surface area is 98.6 Å². The van der Waals surface area contributed by atoms with Crippen molar-refractivity contribution in [1.29, 1.82) is 0 Å². The Kier molecular flexibility index (Phi) is 6.63. The zero-order chi connectivity index (χ0) is 10.9. The highest BCUT2D eigenvalue weighted by molar-refractivity contribution is 7.13. The van der Waals surface area contributed by atoms with Crippen molar-refractivity contribution in [3.8, 4) is 5.19 Å². The van der Waals surface area contributed by atoms with Gasteiger partial charge in [-0.05, 0) is 6.42 Å². The van der Waals surface area contributed by atoms with E-state index in [1.165, 1.54) is 11.3 Å². The first kappa shape index (κ1) is 12.7. The highest BCUT2D eigenvalue weighted by atomic mass is 35.5. The first-order valence-corrected chi connectivity index (χ1v) is 6.30. The van der Waals surface area contributed by atoms with E-state index in [0.29, 0.717) is 24.3 Å². The molecule has 1 heterocycles. The summed E-state index contributed by atoms with van der Waals surface area (Å²) in [5, 5.41) is 9.00. The smallest absolute Gasteiger partial charge is 0.294 e. The van der Waals surface area contributed by atoms with Crippen molar-refractivity contribution in [3.63, 3.8) is 0 Å². The van der Waals surface area contributed by atoms with Crippen molar-refractivity contribution in [1.82, 2.24) is 10.2 Å². The van der Waals surface area contributed by atoms with Crippen LogP contribution in [0.1, 0.15) is 24.8 Å². The number of hydrogen-bond acceptors (Lipinski definition) is 5. The third-order valence-electron chi connectivity index (χ3n) is 1.66. The van der Waals surface area contributed by atoms with Crippen LogP contribution in [0, 0.1) is 0 Å². The standard InChI is InChI=1S/C9H15ClN2O2S/c1-2-3-4-13-5-6-14-9-12-11-8(7-10)15-9/h2-7H2,1H3. The molecule has 0 unspecified atom stereocenters. The van der Waals surface area contributed by atoms with Gasteiger partial charge in [0.15, 0.2) is 0 Å². The van der Waals surface area contributed by atoms with Crippen LogP contribution in [0.25, 0.3) is 0 Å². The molecule has 0 saturated heterocycles. The first-order valence-electron chi connectivity index (χ1n) is 4.95. The summed E-state index contributed by atoms with van der Waals surface area (Å²) in [6.07, 6.45) is 2.24. The minimum Gasteiger partial charge on any atom is -0.466 e. The van der Waals surface area contributed by atoms with Gasteiger partial charge in [0, 0.05) is 6.61 Å². The largest absolute Gasteiger partial charge is 0.466 e. The van der Waals surface area contributed by atoms with Gasteiger partial charge in [0.1, 0.15) is 11.6 Å². The van der Waals surface area contributed by atoms with Crippen molar-refractivity contribution in [2.45, 2.75) is 25.6 Å². The normalized spacial score (nSPS) is 10.5. The van der Waals surface area contributed by atoms with Gasteiger partial charge >= 0.3 is 0 Å². The maximum atomic E-state index is 5.59. The van der Waals surface area contributed by atoms with Crippen LogP contribution in [0.2, 0.25) is 0 Å². The molecule has 0 bridgehead atoms. The summed E-state index contributed by atoms with van der Waals surface area (Å²) in [5.41, 5.74) is 0. The number of unbranched alkanes of at least 4 members (excludes halogenated alkanes) is 1. The minimum absolute atomic E-state index is 0.383. The molecule has 6 heteroatoms. The van der Waals surface area contributed by atoms with E-state index >= 15 is 0 Å². The Bertz CT molecular complexity index is 270. The Balaban J connectivity index is 2.04. The lowest BCUT2D eigenvalue weighted by Crippen LogP contribution is -2.07. The quantitative estimate of drug-likeness (QED) is 0.525. The predicted molar refractivity (Wildman–Crippen MR) is 60.7 cm³/mol. The molecule has 0 radical (unpaired) electrons. The fourth-order valence-electron chi connectivity index (χ4n) is 0.887. The Morgan fingerprint density at radius 2 is 2.13 bits per heavy atom. The van der Waals surface area contributed by atoms with Crippen molar-refractivity contribution in [2.24, 2.45) is 0 Å². The number of nitrogens with zero attached hydrogens (tertiary/aromatic N) is 2. The number of ether oxygens (including phenoxy) is 2. The molecule has 0 atom stereocenters. The molecular weight excluding hydrogens is 236 g/mol.